The Bertz CT molecular complexity index is 1130. The number of hydrogen-bond donors (Lipinski definition) is 2. The lowest BCUT2D eigenvalue weighted by atomic mass is 9.94. The van der Waals surface area contributed by atoms with Crippen LogP contribution in [0.15, 0.2) is 42.6 Å². The van der Waals surface area contributed by atoms with E-state index in [0.717, 1.165) is 63.0 Å². The molecule has 1 amide bonds. The molecule has 0 aliphatic carbocycles. The van der Waals surface area contributed by atoms with Crippen molar-refractivity contribution in [3.63, 3.8) is 0 Å². The minimum atomic E-state index is 0.225. The minimum Gasteiger partial charge on any atom is -0.361 e. The number of ketones is 1. The second-order valence-corrected chi connectivity index (χ2v) is 8.68. The smallest absolute Gasteiger partial charge is 0.227 e. The summed E-state index contributed by atoms with van der Waals surface area (Å²) in [7, 11) is 0. The molecule has 0 spiro atoms. The zero-order chi connectivity index (χ0) is 21.2. The van der Waals surface area contributed by atoms with E-state index in [1.54, 1.807) is 0 Å². The van der Waals surface area contributed by atoms with Crippen LogP contribution in [0.1, 0.15) is 52.7 Å². The molecule has 0 unspecified atom stereocenters. The largest absolute Gasteiger partial charge is 0.361 e. The standard InChI is InChI=1S/C26H29N3O2/c30-24(21-15-18-8-9-25(31)29-14-11-19(16-21)26(18)29)7-3-4-12-27-13-10-20-17-28-23-6-2-1-5-22(20)23/h1-2,5-6,15-17,27-28H,3-4,7-14H2. The Kier molecular flexibility index (Phi) is 5.60. The highest BCUT2D eigenvalue weighted by atomic mass is 16.2. The van der Waals surface area contributed by atoms with Gasteiger partial charge in [-0.3, -0.25) is 9.59 Å². The fourth-order valence-electron chi connectivity index (χ4n) is 4.99. The van der Waals surface area contributed by atoms with Gasteiger partial charge in [-0.15, -0.1) is 0 Å². The first-order valence-electron chi connectivity index (χ1n) is 11.5. The molecule has 0 radical (unpaired) electrons. The van der Waals surface area contributed by atoms with E-state index in [1.807, 2.05) is 17.0 Å². The summed E-state index contributed by atoms with van der Waals surface area (Å²) in [5.41, 5.74) is 6.81. The summed E-state index contributed by atoms with van der Waals surface area (Å²) in [6, 6.07) is 12.5. The molecule has 2 aliphatic rings. The number of aromatic nitrogens is 1. The highest BCUT2D eigenvalue weighted by Gasteiger charge is 2.31. The molecule has 5 nitrogen and oxygen atoms in total. The van der Waals surface area contributed by atoms with Gasteiger partial charge >= 0.3 is 0 Å². The number of carbonyl (C=O) groups is 2. The number of Topliss-reactive ketones (excluding diaryl/α,β-unsaturated/α-hetero) is 1. The maximum Gasteiger partial charge on any atom is 0.227 e. The van der Waals surface area contributed by atoms with Gasteiger partial charge in [0.2, 0.25) is 5.91 Å². The molecule has 160 valence electrons. The average Bonchev–Trinajstić information content (AvgIpc) is 3.41. The summed E-state index contributed by atoms with van der Waals surface area (Å²) in [4.78, 5) is 30.0. The van der Waals surface area contributed by atoms with E-state index in [0.29, 0.717) is 12.8 Å². The monoisotopic (exact) mass is 415 g/mol. The summed E-state index contributed by atoms with van der Waals surface area (Å²) in [6.45, 7) is 2.64. The van der Waals surface area contributed by atoms with Crippen molar-refractivity contribution >= 4 is 28.3 Å². The van der Waals surface area contributed by atoms with Gasteiger partial charge < -0.3 is 15.2 Å². The Balaban J connectivity index is 1.06. The Morgan fingerprint density at radius 3 is 2.77 bits per heavy atom. The number of rotatable bonds is 9. The van der Waals surface area contributed by atoms with E-state index in [-0.39, 0.29) is 11.7 Å². The molecule has 0 bridgehead atoms. The molecule has 0 atom stereocenters. The van der Waals surface area contributed by atoms with Gasteiger partial charge in [0, 0.05) is 42.0 Å². The lowest BCUT2D eigenvalue weighted by Gasteiger charge is -2.25. The van der Waals surface area contributed by atoms with Crippen LogP contribution < -0.4 is 10.2 Å². The fourth-order valence-corrected chi connectivity index (χ4v) is 4.99. The molecule has 2 N–H and O–H groups in total. The van der Waals surface area contributed by atoms with Crippen LogP contribution in [0.5, 0.6) is 0 Å². The second-order valence-electron chi connectivity index (χ2n) is 8.68. The zero-order valence-electron chi connectivity index (χ0n) is 17.9. The summed E-state index contributed by atoms with van der Waals surface area (Å²) in [5.74, 6) is 0.454. The number of aromatic amines is 1. The van der Waals surface area contributed by atoms with Crippen LogP contribution in [-0.4, -0.2) is 36.3 Å². The normalized spacial score (nSPS) is 15.0. The van der Waals surface area contributed by atoms with Gasteiger partial charge in [-0.05, 0) is 80.1 Å². The number of anilines is 1. The minimum absolute atomic E-state index is 0.225. The lowest BCUT2D eigenvalue weighted by Crippen LogP contribution is -2.32. The van der Waals surface area contributed by atoms with E-state index in [2.05, 4.69) is 40.8 Å². The maximum atomic E-state index is 12.7. The molecule has 1 aromatic heterocycles. The number of para-hydroxylation sites is 1. The number of H-pyrrole nitrogens is 1. The summed E-state index contributed by atoms with van der Waals surface area (Å²) < 4.78 is 0. The third-order valence-corrected chi connectivity index (χ3v) is 6.63. The van der Waals surface area contributed by atoms with E-state index in [4.69, 9.17) is 0 Å². The topological polar surface area (TPSA) is 65.2 Å². The number of nitrogens with one attached hydrogen (secondary N) is 2. The summed E-state index contributed by atoms with van der Waals surface area (Å²) >= 11 is 0. The SMILES string of the molecule is O=C(CCCCNCCc1c[nH]c2ccccc12)c1cc2c3c(c1)CCN3C(=O)CC2. The number of amides is 1. The number of unbranched alkanes of at least 4 members (excludes halogenated alkanes) is 1. The molecular formula is C26H29N3O2. The van der Waals surface area contributed by atoms with Crippen molar-refractivity contribution in [1.29, 1.82) is 0 Å². The highest BCUT2D eigenvalue weighted by molar-refractivity contribution is 6.02. The zero-order valence-corrected chi connectivity index (χ0v) is 17.9. The number of nitrogens with zero attached hydrogens (tertiary/aromatic N) is 1. The van der Waals surface area contributed by atoms with Gasteiger partial charge in [0.1, 0.15) is 0 Å². The number of hydrogen-bond acceptors (Lipinski definition) is 3. The first-order chi connectivity index (χ1) is 15.2. The van der Waals surface area contributed by atoms with Crippen LogP contribution in [0.4, 0.5) is 5.69 Å². The first kappa shape index (κ1) is 20.0. The molecule has 0 fully saturated rings. The molecule has 31 heavy (non-hydrogen) atoms. The molecule has 3 aromatic rings. The summed E-state index contributed by atoms with van der Waals surface area (Å²) in [6.07, 6.45) is 7.79. The molecule has 5 heteroatoms. The number of benzene rings is 2. The predicted molar refractivity (Wildman–Crippen MR) is 124 cm³/mol. The van der Waals surface area contributed by atoms with E-state index in [1.165, 1.54) is 27.6 Å². The Hall–Kier alpha value is -2.92. The molecular weight excluding hydrogens is 386 g/mol. The van der Waals surface area contributed by atoms with Gasteiger partial charge in [-0.25, -0.2) is 0 Å². The van der Waals surface area contributed by atoms with Crippen molar-refractivity contribution < 1.29 is 9.59 Å². The highest BCUT2D eigenvalue weighted by Crippen LogP contribution is 2.37. The van der Waals surface area contributed by atoms with Crippen molar-refractivity contribution in [1.82, 2.24) is 10.3 Å². The second kappa shape index (κ2) is 8.67. The van der Waals surface area contributed by atoms with Crippen LogP contribution in [0.25, 0.3) is 10.9 Å². The van der Waals surface area contributed by atoms with Crippen molar-refractivity contribution in [2.45, 2.75) is 44.9 Å². The number of aryl methyl sites for hydroxylation is 1. The average molecular weight is 416 g/mol. The Labute approximate surface area is 182 Å². The molecule has 0 saturated heterocycles. The molecule has 2 aromatic carbocycles. The molecule has 0 saturated carbocycles. The summed E-state index contributed by atoms with van der Waals surface area (Å²) in [5, 5.41) is 4.81. The van der Waals surface area contributed by atoms with Gasteiger partial charge in [-0.1, -0.05) is 18.2 Å². The van der Waals surface area contributed by atoms with Crippen LogP contribution in [-0.2, 0) is 24.1 Å². The van der Waals surface area contributed by atoms with Crippen molar-refractivity contribution in [3.8, 4) is 0 Å². The Morgan fingerprint density at radius 1 is 1.03 bits per heavy atom. The van der Waals surface area contributed by atoms with Crippen LogP contribution in [0, 0.1) is 0 Å². The van der Waals surface area contributed by atoms with Gasteiger partial charge in [-0.2, -0.15) is 0 Å². The van der Waals surface area contributed by atoms with Gasteiger partial charge in [0.25, 0.3) is 0 Å². The number of carbonyl (C=O) groups excluding carboxylic acids is 2. The van der Waals surface area contributed by atoms with Crippen LogP contribution >= 0.6 is 0 Å². The van der Waals surface area contributed by atoms with Gasteiger partial charge in [0.05, 0.1) is 5.69 Å². The van der Waals surface area contributed by atoms with Crippen molar-refractivity contribution in [3.05, 3.63) is 64.8 Å². The molecule has 2 aliphatic heterocycles. The third kappa shape index (κ3) is 4.02. The quantitative estimate of drug-likeness (QED) is 0.407. The third-order valence-electron chi connectivity index (χ3n) is 6.63. The van der Waals surface area contributed by atoms with Crippen molar-refractivity contribution in [2.24, 2.45) is 0 Å². The maximum absolute atomic E-state index is 12.7. The van der Waals surface area contributed by atoms with E-state index in [9.17, 15) is 9.59 Å². The van der Waals surface area contributed by atoms with Gasteiger partial charge in [0.15, 0.2) is 5.78 Å². The van der Waals surface area contributed by atoms with Crippen LogP contribution in [0.2, 0.25) is 0 Å². The molecule has 5 rings (SSSR count). The predicted octanol–water partition coefficient (Wildman–Crippen LogP) is 4.19. The fraction of sp³-hybridized carbons (Fsp3) is 0.385. The van der Waals surface area contributed by atoms with Crippen LogP contribution in [0.3, 0.4) is 0 Å². The lowest BCUT2D eigenvalue weighted by molar-refractivity contribution is -0.118. The number of fused-ring (bicyclic) bond motifs is 1. The molecule has 3 heterocycles. The van der Waals surface area contributed by atoms with E-state index >= 15 is 0 Å². The van der Waals surface area contributed by atoms with Crippen molar-refractivity contribution in [2.75, 3.05) is 24.5 Å². The van der Waals surface area contributed by atoms with E-state index < -0.39 is 0 Å². The first-order valence-corrected chi connectivity index (χ1v) is 11.5. The Morgan fingerprint density at radius 2 is 1.87 bits per heavy atom.